The van der Waals surface area contributed by atoms with Crippen molar-refractivity contribution >= 4 is 11.6 Å². The van der Waals surface area contributed by atoms with Crippen molar-refractivity contribution in [3.8, 4) is 11.3 Å². The molecule has 1 heterocycles. The second-order valence-corrected chi connectivity index (χ2v) is 5.70. The summed E-state index contributed by atoms with van der Waals surface area (Å²) in [5, 5.41) is 9.66. The first kappa shape index (κ1) is 16.0. The maximum Gasteiger partial charge on any atom is 0.209 e. The van der Waals surface area contributed by atoms with Crippen LogP contribution in [-0.4, -0.2) is 34.2 Å². The molecular weight excluding hydrogens is 288 g/mol. The van der Waals surface area contributed by atoms with Gasteiger partial charge in [0.25, 0.3) is 0 Å². The van der Waals surface area contributed by atoms with Crippen molar-refractivity contribution < 1.29 is 9.52 Å². The largest absolute Gasteiger partial charge is 0.439 e. The molecule has 0 aliphatic heterocycles. The second kappa shape index (κ2) is 7.59. The van der Waals surface area contributed by atoms with E-state index in [9.17, 15) is 0 Å². The van der Waals surface area contributed by atoms with Gasteiger partial charge in [0, 0.05) is 29.8 Å². The number of hydrogen-bond donors (Lipinski definition) is 1. The predicted octanol–water partition coefficient (Wildman–Crippen LogP) is 3.59. The van der Waals surface area contributed by atoms with Crippen LogP contribution in [0.2, 0.25) is 5.02 Å². The third-order valence-electron chi connectivity index (χ3n) is 3.35. The van der Waals surface area contributed by atoms with Crippen LogP contribution in [0.25, 0.3) is 11.3 Å². The predicted molar refractivity (Wildman–Crippen MR) is 84.2 cm³/mol. The number of rotatable bonds is 7. The minimum absolute atomic E-state index is 0.199. The molecule has 0 fully saturated rings. The highest BCUT2D eigenvalue weighted by Crippen LogP contribution is 2.23. The third kappa shape index (κ3) is 4.56. The van der Waals surface area contributed by atoms with Crippen LogP contribution >= 0.6 is 11.6 Å². The van der Waals surface area contributed by atoms with Crippen molar-refractivity contribution in [3.05, 3.63) is 41.4 Å². The lowest BCUT2D eigenvalue weighted by atomic mass is 10.2. The summed E-state index contributed by atoms with van der Waals surface area (Å²) in [5.74, 6) is 1.43. The number of benzene rings is 1. The Balaban J connectivity index is 2.06. The Labute approximate surface area is 130 Å². The highest BCUT2D eigenvalue weighted by molar-refractivity contribution is 6.30. The minimum atomic E-state index is 0.199. The molecule has 1 N–H and O–H groups in total. The van der Waals surface area contributed by atoms with E-state index in [1.165, 1.54) is 0 Å². The van der Waals surface area contributed by atoms with Crippen molar-refractivity contribution in [1.82, 2.24) is 9.88 Å². The van der Waals surface area contributed by atoms with E-state index < -0.39 is 0 Å². The standard InChI is InChI=1S/C16H21ClN2O2/c1-12(2)19(8-3-9-20)11-16-18-10-15(21-16)13-4-6-14(17)7-5-13/h4-7,10,12,20H,3,8-9,11H2,1-2H3. The monoisotopic (exact) mass is 308 g/mol. The average Bonchev–Trinajstić information content (AvgIpc) is 2.92. The fraction of sp³-hybridized carbons (Fsp3) is 0.438. The van der Waals surface area contributed by atoms with E-state index in [0.29, 0.717) is 23.5 Å². The number of aromatic nitrogens is 1. The molecule has 0 radical (unpaired) electrons. The van der Waals surface area contributed by atoms with Gasteiger partial charge in [-0.2, -0.15) is 0 Å². The number of aliphatic hydroxyl groups is 1. The molecule has 0 atom stereocenters. The lowest BCUT2D eigenvalue weighted by Gasteiger charge is -2.24. The van der Waals surface area contributed by atoms with Gasteiger partial charge in [-0.1, -0.05) is 11.6 Å². The van der Waals surface area contributed by atoms with E-state index in [-0.39, 0.29) is 6.61 Å². The molecule has 1 aromatic carbocycles. The number of hydrogen-bond acceptors (Lipinski definition) is 4. The van der Waals surface area contributed by atoms with Gasteiger partial charge in [-0.05, 0) is 44.5 Å². The smallest absolute Gasteiger partial charge is 0.209 e. The highest BCUT2D eigenvalue weighted by Gasteiger charge is 2.14. The number of oxazole rings is 1. The van der Waals surface area contributed by atoms with Gasteiger partial charge in [0.15, 0.2) is 5.76 Å². The van der Waals surface area contributed by atoms with Gasteiger partial charge in [0.05, 0.1) is 12.7 Å². The van der Waals surface area contributed by atoms with E-state index in [1.807, 2.05) is 24.3 Å². The van der Waals surface area contributed by atoms with Gasteiger partial charge < -0.3 is 9.52 Å². The normalized spacial score (nSPS) is 11.5. The van der Waals surface area contributed by atoms with Gasteiger partial charge >= 0.3 is 0 Å². The SMILES string of the molecule is CC(C)N(CCCO)Cc1ncc(-c2ccc(Cl)cc2)o1. The fourth-order valence-electron chi connectivity index (χ4n) is 2.10. The average molecular weight is 309 g/mol. The van der Waals surface area contributed by atoms with Gasteiger partial charge in [-0.25, -0.2) is 4.98 Å². The van der Waals surface area contributed by atoms with E-state index in [0.717, 1.165) is 24.3 Å². The summed E-state index contributed by atoms with van der Waals surface area (Å²) in [4.78, 5) is 6.57. The molecule has 2 aromatic rings. The lowest BCUT2D eigenvalue weighted by molar-refractivity contribution is 0.171. The molecular formula is C16H21ClN2O2. The van der Waals surface area contributed by atoms with Crippen LogP contribution < -0.4 is 0 Å². The van der Waals surface area contributed by atoms with Crippen molar-refractivity contribution in [2.45, 2.75) is 32.9 Å². The Morgan fingerprint density at radius 1 is 1.29 bits per heavy atom. The van der Waals surface area contributed by atoms with Crippen LogP contribution in [0.3, 0.4) is 0 Å². The summed E-state index contributed by atoms with van der Waals surface area (Å²) in [5.41, 5.74) is 0.963. The Bertz CT molecular complexity index is 552. The molecule has 2 rings (SSSR count). The molecule has 5 heteroatoms. The summed E-state index contributed by atoms with van der Waals surface area (Å²) >= 11 is 5.88. The molecule has 4 nitrogen and oxygen atoms in total. The van der Waals surface area contributed by atoms with E-state index in [1.54, 1.807) is 6.20 Å². The van der Waals surface area contributed by atoms with Crippen molar-refractivity contribution in [2.24, 2.45) is 0 Å². The van der Waals surface area contributed by atoms with E-state index in [4.69, 9.17) is 21.1 Å². The number of halogens is 1. The number of nitrogens with zero attached hydrogens (tertiary/aromatic N) is 2. The van der Waals surface area contributed by atoms with Crippen LogP contribution in [0.15, 0.2) is 34.9 Å². The van der Waals surface area contributed by atoms with Crippen LogP contribution in [0, 0.1) is 0 Å². The second-order valence-electron chi connectivity index (χ2n) is 5.27. The van der Waals surface area contributed by atoms with Gasteiger partial charge in [0.2, 0.25) is 5.89 Å². The molecule has 0 aliphatic carbocycles. The molecule has 0 bridgehead atoms. The topological polar surface area (TPSA) is 49.5 Å². The zero-order chi connectivity index (χ0) is 15.2. The molecule has 114 valence electrons. The van der Waals surface area contributed by atoms with Gasteiger partial charge in [0.1, 0.15) is 0 Å². The molecule has 0 unspecified atom stereocenters. The first-order valence-corrected chi connectivity index (χ1v) is 7.53. The summed E-state index contributed by atoms with van der Waals surface area (Å²) < 4.78 is 5.81. The summed E-state index contributed by atoms with van der Waals surface area (Å²) in [6.45, 7) is 5.92. The minimum Gasteiger partial charge on any atom is -0.439 e. The fourth-order valence-corrected chi connectivity index (χ4v) is 2.22. The molecule has 0 amide bonds. The molecule has 0 spiro atoms. The van der Waals surface area contributed by atoms with Gasteiger partial charge in [-0.15, -0.1) is 0 Å². The maximum atomic E-state index is 8.96. The van der Waals surface area contributed by atoms with Crippen LogP contribution in [0.5, 0.6) is 0 Å². The Morgan fingerprint density at radius 2 is 2.00 bits per heavy atom. The Kier molecular flexibility index (Phi) is 5.79. The summed E-state index contributed by atoms with van der Waals surface area (Å²) in [6.07, 6.45) is 2.49. The maximum absolute atomic E-state index is 8.96. The van der Waals surface area contributed by atoms with E-state index in [2.05, 4.69) is 23.7 Å². The van der Waals surface area contributed by atoms with Crippen LogP contribution in [0.4, 0.5) is 0 Å². The molecule has 0 aliphatic rings. The van der Waals surface area contributed by atoms with Crippen molar-refractivity contribution in [1.29, 1.82) is 0 Å². The molecule has 0 saturated carbocycles. The Hall–Kier alpha value is -1.36. The van der Waals surface area contributed by atoms with E-state index >= 15 is 0 Å². The third-order valence-corrected chi connectivity index (χ3v) is 3.61. The number of aliphatic hydroxyl groups excluding tert-OH is 1. The molecule has 1 aromatic heterocycles. The van der Waals surface area contributed by atoms with Crippen LogP contribution in [0.1, 0.15) is 26.2 Å². The zero-order valence-corrected chi connectivity index (χ0v) is 13.2. The van der Waals surface area contributed by atoms with Crippen molar-refractivity contribution in [3.63, 3.8) is 0 Å². The van der Waals surface area contributed by atoms with Crippen LogP contribution in [-0.2, 0) is 6.54 Å². The Morgan fingerprint density at radius 3 is 2.62 bits per heavy atom. The summed E-state index contributed by atoms with van der Waals surface area (Å²) in [6, 6.07) is 7.88. The summed E-state index contributed by atoms with van der Waals surface area (Å²) in [7, 11) is 0. The molecule has 0 saturated heterocycles. The first-order valence-electron chi connectivity index (χ1n) is 7.15. The van der Waals surface area contributed by atoms with Gasteiger partial charge in [-0.3, -0.25) is 4.90 Å². The first-order chi connectivity index (χ1) is 10.1. The highest BCUT2D eigenvalue weighted by atomic mass is 35.5. The lowest BCUT2D eigenvalue weighted by Crippen LogP contribution is -2.31. The van der Waals surface area contributed by atoms with Crippen molar-refractivity contribution in [2.75, 3.05) is 13.2 Å². The zero-order valence-electron chi connectivity index (χ0n) is 12.4. The quantitative estimate of drug-likeness (QED) is 0.849. The molecule has 21 heavy (non-hydrogen) atoms.